The van der Waals surface area contributed by atoms with Gasteiger partial charge in [0.1, 0.15) is 5.75 Å². The second-order valence-corrected chi connectivity index (χ2v) is 5.95. The molecule has 2 aromatic rings. The second-order valence-electron chi connectivity index (χ2n) is 5.95. The Morgan fingerprint density at radius 2 is 1.57 bits per heavy atom. The molecule has 0 aliphatic heterocycles. The van der Waals surface area contributed by atoms with Crippen molar-refractivity contribution in [2.45, 2.75) is 37.2 Å². The SMILES string of the molecule is COc1ccc(C2(O)CCC(c3ccccc3)CC2)cc1. The van der Waals surface area contributed by atoms with Crippen LogP contribution in [0.2, 0.25) is 0 Å². The van der Waals surface area contributed by atoms with E-state index >= 15 is 0 Å². The van der Waals surface area contributed by atoms with Crippen molar-refractivity contribution in [1.82, 2.24) is 0 Å². The highest BCUT2D eigenvalue weighted by Gasteiger charge is 2.35. The van der Waals surface area contributed by atoms with Gasteiger partial charge in [-0.3, -0.25) is 0 Å². The number of hydrogen-bond donors (Lipinski definition) is 1. The third-order valence-corrected chi connectivity index (χ3v) is 4.71. The summed E-state index contributed by atoms with van der Waals surface area (Å²) in [7, 11) is 1.66. The highest BCUT2D eigenvalue weighted by Crippen LogP contribution is 2.43. The lowest BCUT2D eigenvalue weighted by Gasteiger charge is -2.36. The Hall–Kier alpha value is -1.80. The van der Waals surface area contributed by atoms with Crippen LogP contribution in [0, 0.1) is 0 Å². The number of methoxy groups -OCH3 is 1. The van der Waals surface area contributed by atoms with Gasteiger partial charge in [0.25, 0.3) is 0 Å². The summed E-state index contributed by atoms with van der Waals surface area (Å²) in [4.78, 5) is 0. The van der Waals surface area contributed by atoms with Crippen molar-refractivity contribution in [2.75, 3.05) is 7.11 Å². The molecule has 1 N–H and O–H groups in total. The number of aliphatic hydroxyl groups is 1. The van der Waals surface area contributed by atoms with Crippen LogP contribution in [0.5, 0.6) is 5.75 Å². The molecule has 21 heavy (non-hydrogen) atoms. The van der Waals surface area contributed by atoms with E-state index < -0.39 is 5.60 Å². The highest BCUT2D eigenvalue weighted by atomic mass is 16.5. The van der Waals surface area contributed by atoms with E-state index in [9.17, 15) is 5.11 Å². The molecule has 2 aromatic carbocycles. The molecule has 0 heterocycles. The third kappa shape index (κ3) is 2.96. The summed E-state index contributed by atoms with van der Waals surface area (Å²) in [6, 6.07) is 18.5. The molecule has 0 radical (unpaired) electrons. The van der Waals surface area contributed by atoms with Crippen LogP contribution in [0.1, 0.15) is 42.7 Å². The van der Waals surface area contributed by atoms with Gasteiger partial charge in [-0.25, -0.2) is 0 Å². The fourth-order valence-electron chi connectivity index (χ4n) is 3.34. The van der Waals surface area contributed by atoms with Gasteiger partial charge in [-0.05, 0) is 54.9 Å². The zero-order chi connectivity index (χ0) is 14.7. The second kappa shape index (κ2) is 5.90. The Morgan fingerprint density at radius 1 is 0.952 bits per heavy atom. The van der Waals surface area contributed by atoms with Gasteiger partial charge in [-0.1, -0.05) is 42.5 Å². The summed E-state index contributed by atoms with van der Waals surface area (Å²) in [6.07, 6.45) is 3.71. The first-order valence-corrected chi connectivity index (χ1v) is 7.63. The number of ether oxygens (including phenoxy) is 1. The molecule has 1 fully saturated rings. The summed E-state index contributed by atoms with van der Waals surface area (Å²) in [5.41, 5.74) is 1.72. The zero-order valence-corrected chi connectivity index (χ0v) is 12.5. The van der Waals surface area contributed by atoms with E-state index in [1.165, 1.54) is 5.56 Å². The fourth-order valence-corrected chi connectivity index (χ4v) is 3.34. The molecule has 0 unspecified atom stereocenters. The van der Waals surface area contributed by atoms with Gasteiger partial charge in [0.05, 0.1) is 12.7 Å². The molecule has 1 aliphatic carbocycles. The summed E-state index contributed by atoms with van der Waals surface area (Å²) < 4.78 is 5.18. The minimum absolute atomic E-state index is 0.574. The predicted molar refractivity (Wildman–Crippen MR) is 84.5 cm³/mol. The Morgan fingerprint density at radius 3 is 2.14 bits per heavy atom. The Kier molecular flexibility index (Phi) is 3.98. The predicted octanol–water partition coefficient (Wildman–Crippen LogP) is 4.24. The van der Waals surface area contributed by atoms with Crippen molar-refractivity contribution >= 4 is 0 Å². The van der Waals surface area contributed by atoms with Crippen molar-refractivity contribution < 1.29 is 9.84 Å². The van der Waals surface area contributed by atoms with Gasteiger partial charge >= 0.3 is 0 Å². The molecule has 110 valence electrons. The Bertz CT molecular complexity index is 566. The van der Waals surface area contributed by atoms with E-state index in [0.29, 0.717) is 5.92 Å². The summed E-state index contributed by atoms with van der Waals surface area (Å²) >= 11 is 0. The third-order valence-electron chi connectivity index (χ3n) is 4.71. The number of hydrogen-bond acceptors (Lipinski definition) is 2. The maximum atomic E-state index is 10.9. The molecule has 0 aromatic heterocycles. The van der Waals surface area contributed by atoms with E-state index in [1.54, 1.807) is 7.11 Å². The highest BCUT2D eigenvalue weighted by molar-refractivity contribution is 5.32. The fraction of sp³-hybridized carbons (Fsp3) is 0.368. The van der Waals surface area contributed by atoms with E-state index in [1.807, 2.05) is 24.3 Å². The van der Waals surface area contributed by atoms with Gasteiger partial charge in [0.15, 0.2) is 0 Å². The molecule has 0 saturated heterocycles. The largest absolute Gasteiger partial charge is 0.497 e. The first-order chi connectivity index (χ1) is 10.2. The summed E-state index contributed by atoms with van der Waals surface area (Å²) in [5, 5.41) is 10.9. The first kappa shape index (κ1) is 14.2. The average molecular weight is 282 g/mol. The maximum absolute atomic E-state index is 10.9. The van der Waals surface area contributed by atoms with Crippen LogP contribution in [0.3, 0.4) is 0 Å². The molecular formula is C19H22O2. The molecule has 3 rings (SSSR count). The van der Waals surface area contributed by atoms with Crippen LogP contribution in [-0.2, 0) is 5.60 Å². The van der Waals surface area contributed by atoms with Crippen LogP contribution in [-0.4, -0.2) is 12.2 Å². The molecule has 0 bridgehead atoms. The van der Waals surface area contributed by atoms with Gasteiger partial charge in [-0.2, -0.15) is 0 Å². The van der Waals surface area contributed by atoms with Gasteiger partial charge in [-0.15, -0.1) is 0 Å². The topological polar surface area (TPSA) is 29.5 Å². The number of benzene rings is 2. The lowest BCUT2D eigenvalue weighted by molar-refractivity contribution is -0.00568. The van der Waals surface area contributed by atoms with E-state index in [2.05, 4.69) is 30.3 Å². The lowest BCUT2D eigenvalue weighted by Crippen LogP contribution is -2.30. The van der Waals surface area contributed by atoms with Crippen molar-refractivity contribution in [2.24, 2.45) is 0 Å². The molecule has 1 saturated carbocycles. The van der Waals surface area contributed by atoms with Crippen LogP contribution in [0.15, 0.2) is 54.6 Å². The first-order valence-electron chi connectivity index (χ1n) is 7.63. The van der Waals surface area contributed by atoms with Crippen molar-refractivity contribution in [3.8, 4) is 5.75 Å². The molecule has 0 amide bonds. The van der Waals surface area contributed by atoms with E-state index in [4.69, 9.17) is 4.74 Å². The minimum Gasteiger partial charge on any atom is -0.497 e. The summed E-state index contributed by atoms with van der Waals surface area (Å²) in [6.45, 7) is 0. The molecular weight excluding hydrogens is 260 g/mol. The average Bonchev–Trinajstić information content (AvgIpc) is 2.56. The Labute approximate surface area is 126 Å². The van der Waals surface area contributed by atoms with E-state index in [0.717, 1.165) is 37.0 Å². The van der Waals surface area contributed by atoms with Crippen LogP contribution >= 0.6 is 0 Å². The number of rotatable bonds is 3. The zero-order valence-electron chi connectivity index (χ0n) is 12.5. The van der Waals surface area contributed by atoms with Gasteiger partial charge in [0, 0.05) is 0 Å². The van der Waals surface area contributed by atoms with Crippen LogP contribution in [0.25, 0.3) is 0 Å². The molecule has 2 heteroatoms. The standard InChI is InChI=1S/C19H22O2/c1-21-18-9-7-17(8-10-18)19(20)13-11-16(12-14-19)15-5-3-2-4-6-15/h2-10,16,20H,11-14H2,1H3. The van der Waals surface area contributed by atoms with Crippen molar-refractivity contribution in [3.05, 3.63) is 65.7 Å². The quantitative estimate of drug-likeness (QED) is 0.912. The molecule has 2 nitrogen and oxygen atoms in total. The van der Waals surface area contributed by atoms with Gasteiger partial charge in [0.2, 0.25) is 0 Å². The summed E-state index contributed by atoms with van der Waals surface area (Å²) in [5.74, 6) is 1.41. The van der Waals surface area contributed by atoms with E-state index in [-0.39, 0.29) is 0 Å². The smallest absolute Gasteiger partial charge is 0.118 e. The minimum atomic E-state index is -0.683. The molecule has 1 aliphatic rings. The van der Waals surface area contributed by atoms with Crippen LogP contribution < -0.4 is 4.74 Å². The maximum Gasteiger partial charge on any atom is 0.118 e. The monoisotopic (exact) mass is 282 g/mol. The van der Waals surface area contributed by atoms with Crippen molar-refractivity contribution in [3.63, 3.8) is 0 Å². The normalized spacial score (nSPS) is 25.5. The lowest BCUT2D eigenvalue weighted by atomic mass is 9.73. The van der Waals surface area contributed by atoms with Crippen molar-refractivity contribution in [1.29, 1.82) is 0 Å². The Balaban J connectivity index is 1.71. The van der Waals surface area contributed by atoms with Crippen LogP contribution in [0.4, 0.5) is 0 Å². The molecule has 0 spiro atoms. The molecule has 0 atom stereocenters. The van der Waals surface area contributed by atoms with Gasteiger partial charge < -0.3 is 9.84 Å².